The van der Waals surface area contributed by atoms with Gasteiger partial charge in [0.1, 0.15) is 17.2 Å². The van der Waals surface area contributed by atoms with E-state index in [4.69, 9.17) is 23.5 Å². The van der Waals surface area contributed by atoms with Crippen LogP contribution >= 0.6 is 31.9 Å². The second kappa shape index (κ2) is 20.3. The molecule has 1 fully saturated rings. The Morgan fingerprint density at radius 1 is 0.603 bits per heavy atom. The number of ether oxygens (including phenoxy) is 3. The lowest BCUT2D eigenvalue weighted by molar-refractivity contribution is 0.00578. The Labute approximate surface area is 434 Å². The van der Waals surface area contributed by atoms with E-state index in [1.807, 2.05) is 40.7 Å². The summed E-state index contributed by atoms with van der Waals surface area (Å²) in [7, 11) is 3.82. The van der Waals surface area contributed by atoms with Crippen molar-refractivity contribution in [3.8, 4) is 17.2 Å². The van der Waals surface area contributed by atoms with Gasteiger partial charge in [-0.1, -0.05) is 62.2 Å². The van der Waals surface area contributed by atoms with Crippen molar-refractivity contribution in [2.75, 3.05) is 21.3 Å². The minimum Gasteiger partial charge on any atom is -0.496 e. The molecule has 5 heterocycles. The summed E-state index contributed by atoms with van der Waals surface area (Å²) in [4.78, 5) is 89.3. The maximum absolute atomic E-state index is 12.9. The van der Waals surface area contributed by atoms with Gasteiger partial charge in [-0.2, -0.15) is 10.2 Å². The Morgan fingerprint density at radius 3 is 1.40 bits per heavy atom. The molecule has 3 aliphatic heterocycles. The molecule has 0 spiro atoms. The number of carbonyl (C=O) groups is 5. The third-order valence-corrected chi connectivity index (χ3v) is 14.0. The van der Waals surface area contributed by atoms with E-state index in [0.717, 1.165) is 25.6 Å². The molecule has 2 aromatic heterocycles. The van der Waals surface area contributed by atoms with E-state index in [1.54, 1.807) is 92.9 Å². The lowest BCUT2D eigenvalue weighted by Gasteiger charge is -2.32. The van der Waals surface area contributed by atoms with E-state index in [9.17, 15) is 33.6 Å². The number of amides is 4. The number of imide groups is 2. The Morgan fingerprint density at radius 2 is 0.986 bits per heavy atom. The van der Waals surface area contributed by atoms with Crippen LogP contribution in [-0.4, -0.2) is 99.3 Å². The third kappa shape index (κ3) is 9.72. The fourth-order valence-corrected chi connectivity index (χ4v) is 9.46. The highest BCUT2D eigenvalue weighted by Gasteiger charge is 2.52. The van der Waals surface area contributed by atoms with Crippen LogP contribution in [0.25, 0.3) is 21.5 Å². The zero-order chi connectivity index (χ0) is 52.8. The molecule has 0 unspecified atom stereocenters. The van der Waals surface area contributed by atoms with Crippen molar-refractivity contribution < 1.29 is 47.5 Å². The van der Waals surface area contributed by atoms with Crippen LogP contribution in [0.4, 0.5) is 0 Å². The predicted octanol–water partition coefficient (Wildman–Crippen LogP) is 7.49. The Hall–Kier alpha value is -7.33. The molecular formula is C52H47BBr2N6O12. The number of ketones is 1. The number of nitrogens with zero attached hydrogens (tertiary/aromatic N) is 4. The number of halogens is 2. The normalized spacial score (nSPS) is 15.2. The molecule has 2 N–H and O–H groups in total. The first kappa shape index (κ1) is 52.0. The van der Waals surface area contributed by atoms with Crippen LogP contribution < -0.4 is 30.8 Å². The molecule has 21 heteroatoms. The molecule has 0 saturated carbocycles. The van der Waals surface area contributed by atoms with Gasteiger partial charge < -0.3 is 23.5 Å². The average molecular weight is 1120 g/mol. The Bertz CT molecular complexity index is 3490. The number of rotatable bonds is 9. The number of hydrogen-bond acceptors (Lipinski definition) is 14. The number of H-pyrrole nitrogens is 2. The summed E-state index contributed by atoms with van der Waals surface area (Å²) < 4.78 is 29.8. The largest absolute Gasteiger partial charge is 0.496 e. The first-order chi connectivity index (χ1) is 34.6. The number of hydrogen-bond donors (Lipinski definition) is 2. The summed E-state index contributed by atoms with van der Waals surface area (Å²) in [5, 5.41) is 14.7. The van der Waals surface area contributed by atoms with Gasteiger partial charge in [-0.15, -0.1) is 0 Å². The number of nitrogens with one attached hydrogen (secondary N) is 2. The number of carbonyl (C=O) groups excluding carboxylic acids is 5. The smallest absolute Gasteiger partial charge is 0.494 e. The molecule has 5 aromatic carbocycles. The predicted molar refractivity (Wildman–Crippen MR) is 278 cm³/mol. The highest BCUT2D eigenvalue weighted by atomic mass is 79.9. The summed E-state index contributed by atoms with van der Waals surface area (Å²) >= 11 is 6.70. The highest BCUT2D eigenvalue weighted by Crippen LogP contribution is 2.38. The SMILES string of the molecule is COc1cc(B2OC(C)(C)C(C)(C)O2)cc2c(CN3C(=O)c4ccccc4C3=O)n[nH]c(=O)c12.COc1cc(Br)cc(C(C)=O)c1C.COc1cc(Br)cc2c(CN3C(=O)c4ccccc4C3=O)n[nH]c(=O)c12. The minimum absolute atomic E-state index is 0.0529. The van der Waals surface area contributed by atoms with Gasteiger partial charge in [-0.05, 0) is 102 Å². The molecule has 0 atom stereocenters. The Balaban J connectivity index is 0.000000161. The molecular weight excluding hydrogens is 1070 g/mol. The molecule has 10 rings (SSSR count). The number of Topliss-reactive ketones (excluding diaryl/α,β-unsaturated/α-hetero) is 1. The second-order valence-corrected chi connectivity index (χ2v) is 19.9. The topological polar surface area (TPSA) is 229 Å². The van der Waals surface area contributed by atoms with E-state index in [1.165, 1.54) is 14.2 Å². The van der Waals surface area contributed by atoms with Crippen LogP contribution in [0.1, 0.15) is 103 Å². The molecule has 0 radical (unpaired) electrons. The number of fused-ring (bicyclic) bond motifs is 4. The van der Waals surface area contributed by atoms with Crippen LogP contribution in [0.5, 0.6) is 17.2 Å². The number of aromatic nitrogens is 4. The quantitative estimate of drug-likeness (QED) is 0.0811. The summed E-state index contributed by atoms with van der Waals surface area (Å²) in [5.41, 5.74) is 2.42. The zero-order valence-corrected chi connectivity index (χ0v) is 44.2. The zero-order valence-electron chi connectivity index (χ0n) is 41.0. The van der Waals surface area contributed by atoms with E-state index < -0.39 is 41.3 Å². The summed E-state index contributed by atoms with van der Waals surface area (Å²) in [6.45, 7) is 11.1. The maximum Gasteiger partial charge on any atom is 0.494 e. The summed E-state index contributed by atoms with van der Waals surface area (Å²) in [6.07, 6.45) is 0. The second-order valence-electron chi connectivity index (χ2n) is 18.1. The summed E-state index contributed by atoms with van der Waals surface area (Å²) in [6, 6.07) is 23.8. The van der Waals surface area contributed by atoms with E-state index in [-0.39, 0.29) is 36.1 Å². The highest BCUT2D eigenvalue weighted by molar-refractivity contribution is 9.10. The van der Waals surface area contributed by atoms with E-state index in [0.29, 0.717) is 76.8 Å². The fourth-order valence-electron chi connectivity index (χ4n) is 8.59. The lowest BCUT2D eigenvalue weighted by atomic mass is 9.78. The van der Waals surface area contributed by atoms with Crippen molar-refractivity contribution in [3.63, 3.8) is 0 Å². The average Bonchev–Trinajstić information content (AvgIpc) is 3.85. The van der Waals surface area contributed by atoms with E-state index >= 15 is 0 Å². The first-order valence-corrected chi connectivity index (χ1v) is 24.1. The monoisotopic (exact) mass is 1120 g/mol. The van der Waals surface area contributed by atoms with Crippen molar-refractivity contribution in [2.24, 2.45) is 0 Å². The molecule has 4 amide bonds. The van der Waals surface area contributed by atoms with Crippen molar-refractivity contribution in [1.29, 1.82) is 0 Å². The van der Waals surface area contributed by atoms with Gasteiger partial charge in [0.15, 0.2) is 5.78 Å². The molecule has 1 saturated heterocycles. The molecule has 18 nitrogen and oxygen atoms in total. The molecule has 374 valence electrons. The van der Waals surface area contributed by atoms with Crippen molar-refractivity contribution >= 4 is 95.4 Å². The van der Waals surface area contributed by atoms with E-state index in [2.05, 4.69) is 52.3 Å². The van der Waals surface area contributed by atoms with Gasteiger partial charge in [0.2, 0.25) is 0 Å². The van der Waals surface area contributed by atoms with Gasteiger partial charge in [-0.25, -0.2) is 10.2 Å². The van der Waals surface area contributed by atoms with Crippen LogP contribution in [-0.2, 0) is 22.4 Å². The fraction of sp³-hybridized carbons (Fsp3) is 0.250. The molecule has 0 aliphatic carbocycles. The van der Waals surface area contributed by atoms with Gasteiger partial charge >= 0.3 is 7.12 Å². The van der Waals surface area contributed by atoms with Gasteiger partial charge in [0, 0.05) is 30.8 Å². The number of methoxy groups -OCH3 is 3. The van der Waals surface area contributed by atoms with Crippen molar-refractivity contribution in [2.45, 2.75) is 65.8 Å². The van der Waals surface area contributed by atoms with Crippen LogP contribution in [0.15, 0.2) is 103 Å². The molecule has 0 bridgehead atoms. The molecule has 7 aromatic rings. The van der Waals surface area contributed by atoms with Crippen molar-refractivity contribution in [1.82, 2.24) is 30.2 Å². The molecule has 3 aliphatic rings. The Kier molecular flexibility index (Phi) is 14.5. The van der Waals surface area contributed by atoms with Crippen LogP contribution in [0.2, 0.25) is 0 Å². The van der Waals surface area contributed by atoms with Crippen molar-refractivity contribution in [3.05, 3.63) is 159 Å². The van der Waals surface area contributed by atoms with Crippen LogP contribution in [0.3, 0.4) is 0 Å². The first-order valence-electron chi connectivity index (χ1n) is 22.6. The number of aromatic amines is 2. The molecule has 73 heavy (non-hydrogen) atoms. The van der Waals surface area contributed by atoms with Crippen LogP contribution in [0, 0.1) is 6.92 Å². The lowest BCUT2D eigenvalue weighted by Crippen LogP contribution is -2.41. The van der Waals surface area contributed by atoms with Gasteiger partial charge in [0.25, 0.3) is 34.7 Å². The standard InChI is InChI=1S/C24H24BN3O6.C18H12BrN3O4.C10H11BrO2/c1-23(2)24(3,4)34-25(33-23)13-10-16-17(26-27-20(29)19(16)18(11-13)32-5)12-28-21(30)14-8-6-7-9-15(14)22(28)31;1-26-14-7-9(19)6-12-13(20-21-16(23)15(12)14)8-22-17(24)10-4-2-3-5-11(10)18(22)25;1-6-9(7(2)12)4-8(11)5-10(6)13-3/h6-11H,12H2,1-5H3,(H,27,29);2-7H,8H2,1H3,(H,21,23);4-5H,1-3H3. The van der Waals surface area contributed by atoms with Gasteiger partial charge in [-0.3, -0.25) is 43.4 Å². The number of benzene rings is 5. The summed E-state index contributed by atoms with van der Waals surface area (Å²) in [5.74, 6) is -0.0955. The minimum atomic E-state index is -0.699. The third-order valence-electron chi connectivity index (χ3n) is 13.1. The van der Waals surface area contributed by atoms with Gasteiger partial charge in [0.05, 0.1) is 90.0 Å². The maximum atomic E-state index is 12.9.